The van der Waals surface area contributed by atoms with Crippen LogP contribution in [-0.4, -0.2) is 28.6 Å². The third kappa shape index (κ3) is 2.73. The molecule has 1 fully saturated rings. The fourth-order valence-electron chi connectivity index (χ4n) is 2.97. The van der Waals surface area contributed by atoms with Crippen molar-refractivity contribution in [3.8, 4) is 0 Å². The van der Waals surface area contributed by atoms with Gasteiger partial charge in [-0.25, -0.2) is 4.98 Å². The Labute approximate surface area is 127 Å². The molecule has 1 aliphatic carbocycles. The highest BCUT2D eigenvalue weighted by Gasteiger charge is 2.27. The largest absolute Gasteiger partial charge is 0.397 e. The van der Waals surface area contributed by atoms with Crippen LogP contribution in [0.4, 0.5) is 5.69 Å². The van der Waals surface area contributed by atoms with Gasteiger partial charge in [0, 0.05) is 30.1 Å². The van der Waals surface area contributed by atoms with Gasteiger partial charge in [-0.3, -0.25) is 4.79 Å². The predicted octanol–water partition coefficient (Wildman–Crippen LogP) is 2.16. The molecule has 0 bridgehead atoms. The van der Waals surface area contributed by atoms with Crippen molar-refractivity contribution in [2.75, 3.05) is 12.3 Å². The lowest BCUT2D eigenvalue weighted by atomic mass is 9.85. The van der Waals surface area contributed by atoms with Gasteiger partial charge in [0.05, 0.1) is 5.69 Å². The van der Waals surface area contributed by atoms with E-state index in [9.17, 15) is 9.90 Å². The van der Waals surface area contributed by atoms with Crippen LogP contribution in [0.3, 0.4) is 0 Å². The van der Waals surface area contributed by atoms with Crippen LogP contribution in [0.5, 0.6) is 0 Å². The maximum atomic E-state index is 12.5. The lowest BCUT2D eigenvalue weighted by Crippen LogP contribution is -2.43. The first-order valence-electron chi connectivity index (χ1n) is 7.25. The van der Waals surface area contributed by atoms with E-state index >= 15 is 0 Å². The summed E-state index contributed by atoms with van der Waals surface area (Å²) in [5.74, 6) is -0.00252. The number of aliphatic hydroxyl groups is 1. The van der Waals surface area contributed by atoms with Crippen molar-refractivity contribution in [1.82, 2.24) is 10.3 Å². The van der Waals surface area contributed by atoms with Crippen molar-refractivity contribution in [3.05, 3.63) is 23.2 Å². The van der Waals surface area contributed by atoms with Gasteiger partial charge in [0.25, 0.3) is 5.91 Å². The van der Waals surface area contributed by atoms with Crippen molar-refractivity contribution in [2.45, 2.75) is 31.7 Å². The van der Waals surface area contributed by atoms with Crippen LogP contribution in [-0.2, 0) is 0 Å². The van der Waals surface area contributed by atoms with Gasteiger partial charge in [0.1, 0.15) is 9.71 Å². The quantitative estimate of drug-likeness (QED) is 0.811. The van der Waals surface area contributed by atoms with E-state index in [-0.39, 0.29) is 24.5 Å². The summed E-state index contributed by atoms with van der Waals surface area (Å²) < 4.78 is 0. The molecule has 0 spiro atoms. The van der Waals surface area contributed by atoms with E-state index in [0.29, 0.717) is 10.6 Å². The van der Waals surface area contributed by atoms with Crippen molar-refractivity contribution in [1.29, 1.82) is 0 Å². The summed E-state index contributed by atoms with van der Waals surface area (Å²) in [4.78, 5) is 18.0. The Hall–Kier alpha value is -1.66. The molecule has 4 N–H and O–H groups in total. The van der Waals surface area contributed by atoms with E-state index in [4.69, 9.17) is 5.73 Å². The zero-order chi connectivity index (χ0) is 14.8. The highest BCUT2D eigenvalue weighted by Crippen LogP contribution is 2.32. The van der Waals surface area contributed by atoms with Gasteiger partial charge in [0.2, 0.25) is 0 Å². The van der Waals surface area contributed by atoms with Gasteiger partial charge in [-0.1, -0.05) is 12.8 Å². The van der Waals surface area contributed by atoms with Gasteiger partial charge in [0.15, 0.2) is 0 Å². The first kappa shape index (κ1) is 14.3. The molecule has 0 aromatic carbocycles. The molecule has 6 heteroatoms. The number of nitrogen functional groups attached to an aromatic ring is 1. The van der Waals surface area contributed by atoms with Crippen LogP contribution in [0.2, 0.25) is 0 Å². The number of pyridine rings is 1. The molecule has 0 aliphatic heterocycles. The summed E-state index contributed by atoms with van der Waals surface area (Å²) in [6.45, 7) is 0.119. The van der Waals surface area contributed by atoms with Crippen LogP contribution < -0.4 is 11.1 Å². The number of anilines is 1. The molecule has 21 heavy (non-hydrogen) atoms. The number of carbonyl (C=O) groups is 1. The Bertz CT molecular complexity index is 655. The minimum absolute atomic E-state index is 0.0359. The number of nitrogens with two attached hydrogens (primary N) is 1. The third-order valence-corrected chi connectivity index (χ3v) is 5.30. The second kappa shape index (κ2) is 5.99. The number of fused-ring (bicyclic) bond motifs is 1. The summed E-state index contributed by atoms with van der Waals surface area (Å²) in [5, 5.41) is 13.3. The number of rotatable bonds is 3. The first-order valence-corrected chi connectivity index (χ1v) is 8.07. The lowest BCUT2D eigenvalue weighted by molar-refractivity contribution is 0.0877. The number of thiophene rings is 1. The molecule has 0 saturated heterocycles. The number of carbonyl (C=O) groups excluding carboxylic acids is 1. The van der Waals surface area contributed by atoms with E-state index in [1.54, 1.807) is 6.20 Å². The highest BCUT2D eigenvalue weighted by atomic mass is 32.1. The van der Waals surface area contributed by atoms with Crippen molar-refractivity contribution in [2.24, 2.45) is 5.92 Å². The summed E-state index contributed by atoms with van der Waals surface area (Å²) >= 11 is 1.32. The minimum Gasteiger partial charge on any atom is -0.397 e. The van der Waals surface area contributed by atoms with E-state index in [1.165, 1.54) is 11.3 Å². The topological polar surface area (TPSA) is 88.2 Å². The number of hydrogen-bond acceptors (Lipinski definition) is 5. The van der Waals surface area contributed by atoms with Crippen LogP contribution in [0, 0.1) is 5.92 Å². The summed E-state index contributed by atoms with van der Waals surface area (Å²) in [5.41, 5.74) is 6.57. The van der Waals surface area contributed by atoms with Crippen LogP contribution in [0.15, 0.2) is 18.3 Å². The zero-order valence-corrected chi connectivity index (χ0v) is 12.5. The van der Waals surface area contributed by atoms with Gasteiger partial charge in [-0.2, -0.15) is 0 Å². The maximum absolute atomic E-state index is 12.5. The van der Waals surface area contributed by atoms with Gasteiger partial charge in [-0.05, 0) is 25.0 Å². The average molecular weight is 305 g/mol. The SMILES string of the molecule is Nc1c(C(=O)NC2CCCCC2CO)sc2ncccc12. The Balaban J connectivity index is 1.82. The smallest absolute Gasteiger partial charge is 0.263 e. The van der Waals surface area contributed by atoms with Crippen molar-refractivity contribution < 1.29 is 9.90 Å². The summed E-state index contributed by atoms with van der Waals surface area (Å²) in [6, 6.07) is 3.73. The highest BCUT2D eigenvalue weighted by molar-refractivity contribution is 7.21. The lowest BCUT2D eigenvalue weighted by Gasteiger charge is -2.30. The molecule has 2 aromatic heterocycles. The van der Waals surface area contributed by atoms with E-state index in [1.807, 2.05) is 12.1 Å². The molecule has 2 atom stereocenters. The van der Waals surface area contributed by atoms with E-state index < -0.39 is 0 Å². The number of nitrogens with zero attached hydrogens (tertiary/aromatic N) is 1. The van der Waals surface area contributed by atoms with Crippen molar-refractivity contribution in [3.63, 3.8) is 0 Å². The molecule has 112 valence electrons. The molecular weight excluding hydrogens is 286 g/mol. The molecular formula is C15H19N3O2S. The van der Waals surface area contributed by atoms with Gasteiger partial charge < -0.3 is 16.2 Å². The number of aliphatic hydroxyl groups excluding tert-OH is 1. The first-order chi connectivity index (χ1) is 10.2. The predicted molar refractivity (Wildman–Crippen MR) is 84.3 cm³/mol. The van der Waals surface area contributed by atoms with E-state index in [2.05, 4.69) is 10.3 Å². The van der Waals surface area contributed by atoms with Gasteiger partial charge >= 0.3 is 0 Å². The molecule has 1 saturated carbocycles. The molecule has 2 aromatic rings. The molecule has 1 aliphatic rings. The Morgan fingerprint density at radius 1 is 1.48 bits per heavy atom. The minimum atomic E-state index is -0.152. The molecule has 3 rings (SSSR count). The zero-order valence-electron chi connectivity index (χ0n) is 11.7. The molecule has 0 radical (unpaired) electrons. The Kier molecular flexibility index (Phi) is 4.07. The second-order valence-electron chi connectivity index (χ2n) is 5.51. The fourth-order valence-corrected chi connectivity index (χ4v) is 3.94. The van der Waals surface area contributed by atoms with E-state index in [0.717, 1.165) is 35.9 Å². The number of hydrogen-bond donors (Lipinski definition) is 3. The van der Waals surface area contributed by atoms with Crippen molar-refractivity contribution >= 4 is 33.1 Å². The van der Waals surface area contributed by atoms with Crippen LogP contribution in [0.25, 0.3) is 10.2 Å². The number of amides is 1. The number of nitrogens with one attached hydrogen (secondary N) is 1. The number of aromatic nitrogens is 1. The van der Waals surface area contributed by atoms with Crippen LogP contribution >= 0.6 is 11.3 Å². The Morgan fingerprint density at radius 3 is 3.05 bits per heavy atom. The Morgan fingerprint density at radius 2 is 2.29 bits per heavy atom. The van der Waals surface area contributed by atoms with Gasteiger partial charge in [-0.15, -0.1) is 11.3 Å². The molecule has 5 nitrogen and oxygen atoms in total. The average Bonchev–Trinajstić information content (AvgIpc) is 2.85. The summed E-state index contributed by atoms with van der Waals surface area (Å²) in [6.07, 6.45) is 5.78. The molecule has 1 amide bonds. The third-order valence-electron chi connectivity index (χ3n) is 4.17. The summed E-state index contributed by atoms with van der Waals surface area (Å²) in [7, 11) is 0. The second-order valence-corrected chi connectivity index (χ2v) is 6.51. The normalized spacial score (nSPS) is 22.3. The standard InChI is InChI=1S/C15H19N3O2S/c16-12-10-5-3-7-17-15(10)21-13(12)14(20)18-11-6-2-1-4-9(11)8-19/h3,5,7,9,11,19H,1-2,4,6,8,16H2,(H,18,20). The maximum Gasteiger partial charge on any atom is 0.263 e. The van der Waals surface area contributed by atoms with Crippen LogP contribution in [0.1, 0.15) is 35.4 Å². The fraction of sp³-hybridized carbons (Fsp3) is 0.467. The molecule has 2 heterocycles. The monoisotopic (exact) mass is 305 g/mol. The molecule has 2 unspecified atom stereocenters.